The first-order valence-corrected chi connectivity index (χ1v) is 13.2. The number of amides is 1. The van der Waals surface area contributed by atoms with Gasteiger partial charge in [0.1, 0.15) is 5.75 Å². The molecule has 0 saturated heterocycles. The van der Waals surface area contributed by atoms with E-state index in [1.807, 2.05) is 26.0 Å². The average molecular weight is 499 g/mol. The molecule has 1 fully saturated rings. The van der Waals surface area contributed by atoms with Crippen LogP contribution in [-0.4, -0.2) is 37.1 Å². The number of hydrogen-bond acceptors (Lipinski definition) is 7. The largest absolute Gasteiger partial charge is 0.484 e. The molecule has 35 heavy (non-hydrogen) atoms. The second-order valence-electron chi connectivity index (χ2n) is 8.99. The summed E-state index contributed by atoms with van der Waals surface area (Å²) in [5.74, 6) is 1.50. The molecule has 10 heteroatoms. The van der Waals surface area contributed by atoms with Gasteiger partial charge < -0.3 is 14.6 Å². The lowest BCUT2D eigenvalue weighted by Crippen LogP contribution is -2.32. The van der Waals surface area contributed by atoms with Gasteiger partial charge in [0.2, 0.25) is 15.9 Å². The van der Waals surface area contributed by atoms with Crippen molar-refractivity contribution in [2.75, 3.05) is 11.9 Å². The Bertz CT molecular complexity index is 1230. The van der Waals surface area contributed by atoms with Crippen molar-refractivity contribution in [3.63, 3.8) is 0 Å². The minimum atomic E-state index is -3.56. The van der Waals surface area contributed by atoms with Crippen molar-refractivity contribution in [2.24, 2.45) is 0 Å². The van der Waals surface area contributed by atoms with Crippen molar-refractivity contribution in [1.82, 2.24) is 14.9 Å². The van der Waals surface area contributed by atoms with Crippen LogP contribution < -0.4 is 14.8 Å². The normalized spacial score (nSPS) is 14.4. The van der Waals surface area contributed by atoms with Gasteiger partial charge >= 0.3 is 0 Å². The minimum absolute atomic E-state index is 0.00500. The van der Waals surface area contributed by atoms with Crippen molar-refractivity contribution in [2.45, 2.75) is 62.8 Å². The van der Waals surface area contributed by atoms with Gasteiger partial charge in [-0.3, -0.25) is 4.79 Å². The first-order chi connectivity index (χ1) is 16.8. The van der Waals surface area contributed by atoms with E-state index in [2.05, 4.69) is 20.2 Å². The Kier molecular flexibility index (Phi) is 7.82. The van der Waals surface area contributed by atoms with Crippen molar-refractivity contribution in [3.05, 3.63) is 65.8 Å². The predicted molar refractivity (Wildman–Crippen MR) is 131 cm³/mol. The highest BCUT2D eigenvalue weighted by molar-refractivity contribution is 7.89. The number of carbonyl (C=O) groups excluding carboxylic acids is 1. The first kappa shape index (κ1) is 24.9. The molecule has 0 aliphatic heterocycles. The number of carbonyl (C=O) groups is 1. The van der Waals surface area contributed by atoms with Crippen LogP contribution in [0, 0.1) is 0 Å². The Morgan fingerprint density at radius 3 is 2.40 bits per heavy atom. The summed E-state index contributed by atoms with van der Waals surface area (Å²) in [4.78, 5) is 16.8. The molecule has 1 aromatic heterocycles. The maximum absolute atomic E-state index is 12.5. The molecular formula is C25H30N4O5S. The third-order valence-electron chi connectivity index (χ3n) is 5.76. The van der Waals surface area contributed by atoms with Gasteiger partial charge in [-0.05, 0) is 54.8 Å². The summed E-state index contributed by atoms with van der Waals surface area (Å²) in [6.45, 7) is 3.79. The molecule has 1 amide bonds. The fraction of sp³-hybridized carbons (Fsp3) is 0.400. The quantitative estimate of drug-likeness (QED) is 0.433. The first-order valence-electron chi connectivity index (χ1n) is 11.7. The summed E-state index contributed by atoms with van der Waals surface area (Å²) in [6, 6.07) is 13.4. The molecule has 1 aliphatic rings. The Morgan fingerprint density at radius 2 is 1.77 bits per heavy atom. The lowest BCUT2D eigenvalue weighted by molar-refractivity contribution is -0.118. The zero-order chi connectivity index (χ0) is 24.8. The number of rotatable bonds is 10. The summed E-state index contributed by atoms with van der Waals surface area (Å²) < 4.78 is 38.5. The Labute approximate surface area is 205 Å². The van der Waals surface area contributed by atoms with E-state index in [1.165, 1.54) is 12.1 Å². The Morgan fingerprint density at radius 1 is 1.09 bits per heavy atom. The molecule has 1 saturated carbocycles. The van der Waals surface area contributed by atoms with E-state index in [0.717, 1.165) is 31.2 Å². The second-order valence-corrected chi connectivity index (χ2v) is 10.7. The second kappa shape index (κ2) is 11.0. The lowest BCUT2D eigenvalue weighted by atomic mass is 10.1. The number of ether oxygens (including phenoxy) is 1. The Balaban J connectivity index is 1.25. The van der Waals surface area contributed by atoms with E-state index in [1.54, 1.807) is 24.3 Å². The third-order valence-corrected chi connectivity index (χ3v) is 7.29. The number of nitrogens with one attached hydrogen (secondary N) is 2. The zero-order valence-electron chi connectivity index (χ0n) is 19.9. The standard InChI is InChI=1S/C25H30N4O5S/c1-17(2)25-27-23(28-34-25)15-18-7-9-19(10-8-18)26-24(30)16-33-21-11-13-22(14-12-21)35(31,32)29-20-5-3-4-6-20/h7-14,17,20,29H,3-6,15-16H2,1-2H3,(H,26,30). The maximum Gasteiger partial charge on any atom is 0.262 e. The highest BCUT2D eigenvalue weighted by atomic mass is 32.2. The molecule has 0 bridgehead atoms. The molecule has 3 aromatic rings. The van der Waals surface area contributed by atoms with Crippen molar-refractivity contribution < 1.29 is 22.5 Å². The fourth-order valence-electron chi connectivity index (χ4n) is 3.85. The van der Waals surface area contributed by atoms with E-state index in [-0.39, 0.29) is 29.4 Å². The summed E-state index contributed by atoms with van der Waals surface area (Å²) in [7, 11) is -3.56. The molecule has 9 nitrogen and oxygen atoms in total. The van der Waals surface area contributed by atoms with E-state index < -0.39 is 10.0 Å². The van der Waals surface area contributed by atoms with Crippen LogP contribution in [0.25, 0.3) is 0 Å². The van der Waals surface area contributed by atoms with Crippen molar-refractivity contribution in [1.29, 1.82) is 0 Å². The van der Waals surface area contributed by atoms with E-state index in [0.29, 0.717) is 29.6 Å². The summed E-state index contributed by atoms with van der Waals surface area (Å²) in [5.41, 5.74) is 1.63. The van der Waals surface area contributed by atoms with Crippen molar-refractivity contribution >= 4 is 21.6 Å². The van der Waals surface area contributed by atoms with Crippen LogP contribution in [0.2, 0.25) is 0 Å². The molecule has 2 N–H and O–H groups in total. The number of nitrogens with zero attached hydrogens (tertiary/aromatic N) is 2. The van der Waals surface area contributed by atoms with Gasteiger partial charge in [0, 0.05) is 24.1 Å². The monoisotopic (exact) mass is 498 g/mol. The van der Waals surface area contributed by atoms with Crippen LogP contribution in [0.15, 0.2) is 57.9 Å². The topological polar surface area (TPSA) is 123 Å². The van der Waals surface area contributed by atoms with Gasteiger partial charge in [0.15, 0.2) is 12.4 Å². The number of benzene rings is 2. The highest BCUT2D eigenvalue weighted by Gasteiger charge is 2.22. The van der Waals surface area contributed by atoms with E-state index >= 15 is 0 Å². The van der Waals surface area contributed by atoms with Crippen LogP contribution in [0.5, 0.6) is 5.75 Å². The van der Waals surface area contributed by atoms with E-state index in [9.17, 15) is 13.2 Å². The van der Waals surface area contributed by atoms with Gasteiger partial charge in [0.25, 0.3) is 5.91 Å². The van der Waals surface area contributed by atoms with Crippen LogP contribution in [0.1, 0.15) is 62.7 Å². The zero-order valence-corrected chi connectivity index (χ0v) is 20.7. The molecule has 2 aromatic carbocycles. The SMILES string of the molecule is CC(C)c1nc(Cc2ccc(NC(=O)COc3ccc(S(=O)(=O)NC4CCCC4)cc3)cc2)no1. The van der Waals surface area contributed by atoms with Gasteiger partial charge in [-0.25, -0.2) is 13.1 Å². The van der Waals surface area contributed by atoms with E-state index in [4.69, 9.17) is 9.26 Å². The van der Waals surface area contributed by atoms with Crippen LogP contribution in [0.3, 0.4) is 0 Å². The number of hydrogen-bond donors (Lipinski definition) is 2. The van der Waals surface area contributed by atoms with Crippen LogP contribution in [-0.2, 0) is 21.2 Å². The van der Waals surface area contributed by atoms with Crippen LogP contribution in [0.4, 0.5) is 5.69 Å². The molecule has 1 aliphatic carbocycles. The summed E-state index contributed by atoms with van der Waals surface area (Å²) in [6.07, 6.45) is 4.37. The molecule has 186 valence electrons. The van der Waals surface area contributed by atoms with Gasteiger partial charge in [-0.1, -0.05) is 44.0 Å². The average Bonchev–Trinajstić information content (AvgIpc) is 3.51. The number of aromatic nitrogens is 2. The number of anilines is 1. The maximum atomic E-state index is 12.5. The predicted octanol–water partition coefficient (Wildman–Crippen LogP) is 4.02. The van der Waals surface area contributed by atoms with Gasteiger partial charge in [0.05, 0.1) is 4.90 Å². The summed E-state index contributed by atoms with van der Waals surface area (Å²) in [5, 5.41) is 6.77. The molecule has 0 spiro atoms. The molecular weight excluding hydrogens is 468 g/mol. The third kappa shape index (κ3) is 6.89. The minimum Gasteiger partial charge on any atom is -0.484 e. The molecule has 4 rings (SSSR count). The van der Waals surface area contributed by atoms with Gasteiger partial charge in [-0.15, -0.1) is 0 Å². The summed E-state index contributed by atoms with van der Waals surface area (Å²) >= 11 is 0. The molecule has 0 atom stereocenters. The smallest absolute Gasteiger partial charge is 0.262 e. The van der Waals surface area contributed by atoms with Crippen LogP contribution >= 0.6 is 0 Å². The Hall–Kier alpha value is -3.24. The fourth-order valence-corrected chi connectivity index (χ4v) is 5.16. The molecule has 0 radical (unpaired) electrons. The number of sulfonamides is 1. The van der Waals surface area contributed by atoms with Crippen molar-refractivity contribution in [3.8, 4) is 5.75 Å². The molecule has 1 heterocycles. The lowest BCUT2D eigenvalue weighted by Gasteiger charge is -2.13. The molecule has 0 unspecified atom stereocenters. The highest BCUT2D eigenvalue weighted by Crippen LogP contribution is 2.22. The van der Waals surface area contributed by atoms with Gasteiger partial charge in [-0.2, -0.15) is 4.98 Å².